The Morgan fingerprint density at radius 3 is 2.73 bits per heavy atom. The minimum Gasteiger partial charge on any atom is -0.480 e. The number of aliphatic carboxylic acids is 1. The lowest BCUT2D eigenvalue weighted by Crippen LogP contribution is -2.56. The molecule has 0 spiro atoms. The molecule has 2 aromatic rings. The SMILES string of the molecule is CCC1CCC(NC(=O)Cc2c(C)nc3cc[nH]n3c2=O)(C(=O)O)CC1. The van der Waals surface area contributed by atoms with Crippen molar-refractivity contribution in [2.45, 2.75) is 57.9 Å². The highest BCUT2D eigenvalue weighted by Crippen LogP contribution is 2.34. The molecule has 0 atom stereocenters. The van der Waals surface area contributed by atoms with Gasteiger partial charge < -0.3 is 10.4 Å². The molecular formula is C18H24N4O4. The van der Waals surface area contributed by atoms with Crippen molar-refractivity contribution in [2.24, 2.45) is 5.92 Å². The van der Waals surface area contributed by atoms with Gasteiger partial charge in [-0.25, -0.2) is 14.3 Å². The lowest BCUT2D eigenvalue weighted by molar-refractivity contribution is -0.149. The highest BCUT2D eigenvalue weighted by Gasteiger charge is 2.43. The highest BCUT2D eigenvalue weighted by atomic mass is 16.4. The summed E-state index contributed by atoms with van der Waals surface area (Å²) in [7, 11) is 0. The zero-order valence-electron chi connectivity index (χ0n) is 15.0. The maximum Gasteiger partial charge on any atom is 0.329 e. The van der Waals surface area contributed by atoms with Crippen LogP contribution in [0.5, 0.6) is 0 Å². The minimum absolute atomic E-state index is 0.189. The van der Waals surface area contributed by atoms with Gasteiger partial charge in [-0.2, -0.15) is 0 Å². The van der Waals surface area contributed by atoms with E-state index in [1.807, 2.05) is 0 Å². The Bertz CT molecular complexity index is 890. The van der Waals surface area contributed by atoms with E-state index in [0.29, 0.717) is 30.1 Å². The van der Waals surface area contributed by atoms with Crippen molar-refractivity contribution in [2.75, 3.05) is 0 Å². The van der Waals surface area contributed by atoms with Gasteiger partial charge in [0, 0.05) is 23.5 Å². The van der Waals surface area contributed by atoms with Crippen molar-refractivity contribution < 1.29 is 14.7 Å². The van der Waals surface area contributed by atoms with Crippen molar-refractivity contribution in [1.82, 2.24) is 19.9 Å². The van der Waals surface area contributed by atoms with Crippen LogP contribution < -0.4 is 10.9 Å². The summed E-state index contributed by atoms with van der Waals surface area (Å²) in [5, 5.41) is 15.1. The molecule has 1 aliphatic carbocycles. The van der Waals surface area contributed by atoms with E-state index >= 15 is 0 Å². The molecule has 2 heterocycles. The Morgan fingerprint density at radius 2 is 2.12 bits per heavy atom. The summed E-state index contributed by atoms with van der Waals surface area (Å²) < 4.78 is 1.27. The van der Waals surface area contributed by atoms with E-state index in [2.05, 4.69) is 22.3 Å². The van der Waals surface area contributed by atoms with Crippen LogP contribution in [0.3, 0.4) is 0 Å². The lowest BCUT2D eigenvalue weighted by Gasteiger charge is -2.37. The number of aromatic nitrogens is 3. The number of aromatic amines is 1. The Labute approximate surface area is 150 Å². The topological polar surface area (TPSA) is 117 Å². The number of hydrogen-bond acceptors (Lipinski definition) is 4. The van der Waals surface area contributed by atoms with Gasteiger partial charge in [-0.3, -0.25) is 14.7 Å². The first-order valence-corrected chi connectivity index (χ1v) is 8.96. The number of nitrogens with one attached hydrogen (secondary N) is 2. The molecule has 2 aromatic heterocycles. The molecule has 3 rings (SSSR count). The molecule has 1 amide bonds. The molecule has 0 radical (unpaired) electrons. The van der Waals surface area contributed by atoms with Gasteiger partial charge in [0.15, 0.2) is 5.65 Å². The van der Waals surface area contributed by atoms with E-state index in [4.69, 9.17) is 0 Å². The van der Waals surface area contributed by atoms with Crippen molar-refractivity contribution in [3.8, 4) is 0 Å². The normalized spacial score (nSPS) is 23.1. The lowest BCUT2D eigenvalue weighted by atomic mass is 9.75. The molecule has 0 aromatic carbocycles. The zero-order valence-corrected chi connectivity index (χ0v) is 15.0. The molecule has 140 valence electrons. The van der Waals surface area contributed by atoms with Crippen molar-refractivity contribution in [3.63, 3.8) is 0 Å². The summed E-state index contributed by atoms with van der Waals surface area (Å²) in [5.74, 6) is -0.964. The van der Waals surface area contributed by atoms with E-state index in [-0.39, 0.29) is 17.5 Å². The molecule has 0 saturated heterocycles. The first-order valence-electron chi connectivity index (χ1n) is 8.96. The van der Waals surface area contributed by atoms with Crippen LogP contribution in [0.1, 0.15) is 50.3 Å². The largest absolute Gasteiger partial charge is 0.480 e. The molecule has 8 heteroatoms. The second-order valence-electron chi connectivity index (χ2n) is 7.10. The van der Waals surface area contributed by atoms with E-state index in [1.54, 1.807) is 19.2 Å². The fourth-order valence-corrected chi connectivity index (χ4v) is 3.75. The first kappa shape index (κ1) is 18.2. The molecule has 26 heavy (non-hydrogen) atoms. The summed E-state index contributed by atoms with van der Waals surface area (Å²) in [5.41, 5.74) is -0.353. The summed E-state index contributed by atoms with van der Waals surface area (Å²) in [4.78, 5) is 41.2. The van der Waals surface area contributed by atoms with Crippen molar-refractivity contribution in [1.29, 1.82) is 0 Å². The molecular weight excluding hydrogens is 336 g/mol. The summed E-state index contributed by atoms with van der Waals surface area (Å²) >= 11 is 0. The van der Waals surface area contributed by atoms with Crippen LogP contribution in [0.15, 0.2) is 17.1 Å². The number of rotatable bonds is 5. The molecule has 1 fully saturated rings. The van der Waals surface area contributed by atoms with Gasteiger partial charge in [0.2, 0.25) is 5.91 Å². The summed E-state index contributed by atoms with van der Waals surface area (Å²) in [6.07, 6.45) is 4.81. The van der Waals surface area contributed by atoms with Gasteiger partial charge in [-0.1, -0.05) is 13.3 Å². The first-order chi connectivity index (χ1) is 12.4. The van der Waals surface area contributed by atoms with E-state index in [0.717, 1.165) is 19.3 Å². The summed E-state index contributed by atoms with van der Waals surface area (Å²) in [6, 6.07) is 1.67. The van der Waals surface area contributed by atoms with Gasteiger partial charge in [0.1, 0.15) is 5.54 Å². The van der Waals surface area contributed by atoms with Crippen molar-refractivity contribution in [3.05, 3.63) is 33.9 Å². The Morgan fingerprint density at radius 1 is 1.42 bits per heavy atom. The van der Waals surface area contributed by atoms with Crippen molar-refractivity contribution >= 4 is 17.5 Å². The second-order valence-corrected chi connectivity index (χ2v) is 7.10. The fourth-order valence-electron chi connectivity index (χ4n) is 3.75. The molecule has 3 N–H and O–H groups in total. The number of amides is 1. The van der Waals surface area contributed by atoms with Crippen LogP contribution in [0, 0.1) is 12.8 Å². The van der Waals surface area contributed by atoms with E-state index in [9.17, 15) is 19.5 Å². The van der Waals surface area contributed by atoms with Crippen LogP contribution in [-0.4, -0.2) is 37.1 Å². The zero-order chi connectivity index (χ0) is 18.9. The third-order valence-corrected chi connectivity index (χ3v) is 5.51. The number of nitrogens with zero attached hydrogens (tertiary/aromatic N) is 2. The third-order valence-electron chi connectivity index (χ3n) is 5.51. The predicted molar refractivity (Wildman–Crippen MR) is 95.0 cm³/mol. The molecule has 1 aliphatic rings. The number of carboxylic acids is 1. The minimum atomic E-state index is -1.24. The number of hydrogen-bond donors (Lipinski definition) is 3. The number of carbonyl (C=O) groups is 2. The van der Waals surface area contributed by atoms with E-state index in [1.165, 1.54) is 4.52 Å². The average Bonchev–Trinajstić information content (AvgIpc) is 3.07. The van der Waals surface area contributed by atoms with Crippen LogP contribution in [0.2, 0.25) is 0 Å². The molecule has 1 saturated carbocycles. The quantitative estimate of drug-likeness (QED) is 0.745. The van der Waals surface area contributed by atoms with Crippen LogP contribution >= 0.6 is 0 Å². The smallest absolute Gasteiger partial charge is 0.329 e. The van der Waals surface area contributed by atoms with Crippen LogP contribution in [-0.2, 0) is 16.0 Å². The second kappa shape index (κ2) is 6.93. The maximum absolute atomic E-state index is 12.6. The van der Waals surface area contributed by atoms with Crippen LogP contribution in [0.25, 0.3) is 5.65 Å². The number of aryl methyl sites for hydroxylation is 1. The van der Waals surface area contributed by atoms with Gasteiger partial charge in [-0.05, 0) is 38.5 Å². The Hall–Kier alpha value is -2.64. The van der Waals surface area contributed by atoms with Gasteiger partial charge in [-0.15, -0.1) is 0 Å². The van der Waals surface area contributed by atoms with E-state index < -0.39 is 17.4 Å². The Balaban J connectivity index is 1.80. The highest BCUT2D eigenvalue weighted by molar-refractivity contribution is 5.88. The van der Waals surface area contributed by atoms with Gasteiger partial charge in [0.25, 0.3) is 5.56 Å². The fraction of sp³-hybridized carbons (Fsp3) is 0.556. The van der Waals surface area contributed by atoms with Gasteiger partial charge >= 0.3 is 5.97 Å². The standard InChI is InChI=1S/C18H24N4O4/c1-3-12-4-7-18(8-5-12,17(25)26)21-15(23)10-13-11(2)20-14-6-9-19-22(14)16(13)24/h6,9,12,19H,3-5,7-8,10H2,1-2H3,(H,21,23)(H,25,26). The maximum atomic E-state index is 12.6. The predicted octanol–water partition coefficient (Wildman–Crippen LogP) is 1.41. The summed E-state index contributed by atoms with van der Waals surface area (Å²) in [6.45, 7) is 3.77. The number of carboxylic acid groups (broad SMARTS) is 1. The number of fused-ring (bicyclic) bond motifs is 1. The van der Waals surface area contributed by atoms with Crippen LogP contribution in [0.4, 0.5) is 0 Å². The average molecular weight is 360 g/mol. The molecule has 0 bridgehead atoms. The Kier molecular flexibility index (Phi) is 4.84. The third kappa shape index (κ3) is 3.23. The monoisotopic (exact) mass is 360 g/mol. The number of carbonyl (C=O) groups excluding carboxylic acids is 1. The molecule has 8 nitrogen and oxygen atoms in total. The van der Waals surface area contributed by atoms with Gasteiger partial charge in [0.05, 0.1) is 6.42 Å². The molecule has 0 aliphatic heterocycles. The number of H-pyrrole nitrogens is 1. The molecule has 0 unspecified atom stereocenters.